The first-order valence-electron chi connectivity index (χ1n) is 18.0. The van der Waals surface area contributed by atoms with Crippen LogP contribution in [0.3, 0.4) is 0 Å². The summed E-state index contributed by atoms with van der Waals surface area (Å²) in [6.07, 6.45) is -5.05. The first-order chi connectivity index (χ1) is 25.3. The van der Waals surface area contributed by atoms with Gasteiger partial charge in [0.2, 0.25) is 0 Å². The molecule has 4 aliphatic heterocycles. The highest BCUT2D eigenvalue weighted by Gasteiger charge is 2.39. The van der Waals surface area contributed by atoms with Crippen LogP contribution in [-0.4, -0.2) is 126 Å². The lowest BCUT2D eigenvalue weighted by atomic mass is 10.0. The smallest absolute Gasteiger partial charge is 0.418 e. The number of nitrogens with two attached hydrogens (primary N) is 1. The topological polar surface area (TPSA) is 141 Å². The minimum Gasteiger partial charge on any atom is -0.466 e. The molecule has 3 N–H and O–H groups in total. The zero-order valence-corrected chi connectivity index (χ0v) is 30.3. The molecule has 4 heterocycles. The van der Waals surface area contributed by atoms with Crippen LogP contribution in [0.4, 0.5) is 34.1 Å². The predicted molar refractivity (Wildman–Crippen MR) is 190 cm³/mol. The number of amides is 4. The van der Waals surface area contributed by atoms with E-state index >= 15 is 0 Å². The number of nitrogen functional groups attached to an aromatic ring is 1. The number of urea groups is 1. The summed E-state index contributed by atoms with van der Waals surface area (Å²) in [4.78, 5) is 57.8. The normalized spacial score (nSPS) is 21.1. The predicted octanol–water partition coefficient (Wildman–Crippen LogP) is 4.49. The Kier molecular flexibility index (Phi) is 11.9. The highest BCUT2D eigenvalue weighted by atomic mass is 35.5. The van der Waals surface area contributed by atoms with E-state index < -0.39 is 35.5 Å². The molecule has 53 heavy (non-hydrogen) atoms. The van der Waals surface area contributed by atoms with Crippen molar-refractivity contribution in [3.05, 3.63) is 58.1 Å². The van der Waals surface area contributed by atoms with Crippen molar-refractivity contribution in [1.29, 1.82) is 0 Å². The molecule has 0 spiro atoms. The van der Waals surface area contributed by atoms with E-state index in [-0.39, 0.29) is 67.1 Å². The van der Waals surface area contributed by atoms with Crippen LogP contribution in [0.5, 0.6) is 0 Å². The Morgan fingerprint density at radius 1 is 0.962 bits per heavy atom. The summed E-state index contributed by atoms with van der Waals surface area (Å²) >= 11 is 6.11. The number of nitrogens with one attached hydrogen (secondary N) is 1. The quantitative estimate of drug-likeness (QED) is 0.294. The van der Waals surface area contributed by atoms with Crippen molar-refractivity contribution in [3.8, 4) is 0 Å². The van der Waals surface area contributed by atoms with Crippen LogP contribution >= 0.6 is 11.6 Å². The minimum atomic E-state index is -4.80. The number of halogens is 4. The van der Waals surface area contributed by atoms with Gasteiger partial charge in [-0.15, -0.1) is 0 Å². The lowest BCUT2D eigenvalue weighted by Gasteiger charge is -2.40. The fourth-order valence-electron chi connectivity index (χ4n) is 7.57. The van der Waals surface area contributed by atoms with Gasteiger partial charge in [0, 0.05) is 77.1 Å². The summed E-state index contributed by atoms with van der Waals surface area (Å²) in [6, 6.07) is 9.40. The van der Waals surface area contributed by atoms with E-state index in [1.54, 1.807) is 16.7 Å². The van der Waals surface area contributed by atoms with Gasteiger partial charge in [-0.3, -0.25) is 9.59 Å². The number of hydrazine groups is 1. The zero-order valence-electron chi connectivity index (χ0n) is 29.6. The summed E-state index contributed by atoms with van der Waals surface area (Å²) in [7, 11) is 0. The summed E-state index contributed by atoms with van der Waals surface area (Å²) < 4.78 is 52.5. The van der Waals surface area contributed by atoms with Crippen LogP contribution in [0.2, 0.25) is 5.02 Å². The van der Waals surface area contributed by atoms with Crippen molar-refractivity contribution in [2.24, 2.45) is 5.92 Å². The number of fused-ring (bicyclic) bond motifs is 1. The monoisotopic (exact) mass is 763 g/mol. The number of hydrogen-bond acceptors (Lipinski definition) is 9. The van der Waals surface area contributed by atoms with E-state index in [2.05, 4.69) is 15.3 Å². The number of hydrogen-bond donors (Lipinski definition) is 2. The maximum Gasteiger partial charge on any atom is 0.418 e. The molecule has 4 aliphatic rings. The van der Waals surface area contributed by atoms with Gasteiger partial charge in [-0.05, 0) is 61.9 Å². The Morgan fingerprint density at radius 3 is 2.38 bits per heavy atom. The Hall–Kier alpha value is -4.28. The lowest BCUT2D eigenvalue weighted by Crippen LogP contribution is -2.57. The fraction of sp³-hybridized carbons (Fsp3) is 0.556. The number of para-hydroxylation sites is 1. The summed E-state index contributed by atoms with van der Waals surface area (Å²) in [5.74, 6) is -0.996. The molecule has 0 bridgehead atoms. The molecular formula is C36H45ClF3N7O6. The van der Waals surface area contributed by atoms with Crippen molar-refractivity contribution in [3.63, 3.8) is 0 Å². The van der Waals surface area contributed by atoms with Crippen molar-refractivity contribution >= 4 is 47.0 Å². The molecule has 13 nitrogen and oxygen atoms in total. The summed E-state index contributed by atoms with van der Waals surface area (Å²) in [5.41, 5.74) is 5.75. The average Bonchev–Trinajstić information content (AvgIpc) is 3.57. The third kappa shape index (κ3) is 8.92. The van der Waals surface area contributed by atoms with Crippen LogP contribution in [0.15, 0.2) is 36.4 Å². The zero-order chi connectivity index (χ0) is 37.9. The van der Waals surface area contributed by atoms with Gasteiger partial charge in [0.25, 0.3) is 5.91 Å². The van der Waals surface area contributed by atoms with Gasteiger partial charge in [0.15, 0.2) is 6.10 Å². The fourth-order valence-corrected chi connectivity index (χ4v) is 7.81. The van der Waals surface area contributed by atoms with Crippen LogP contribution in [0.1, 0.15) is 42.9 Å². The highest BCUT2D eigenvalue weighted by Crippen LogP contribution is 2.38. The molecule has 0 radical (unpaired) electrons. The van der Waals surface area contributed by atoms with Crippen LogP contribution in [-0.2, 0) is 38.1 Å². The van der Waals surface area contributed by atoms with E-state index in [4.69, 9.17) is 26.8 Å². The van der Waals surface area contributed by atoms with Gasteiger partial charge < -0.3 is 35.2 Å². The largest absolute Gasteiger partial charge is 0.466 e. The molecule has 3 fully saturated rings. The van der Waals surface area contributed by atoms with Crippen molar-refractivity contribution < 1.29 is 41.8 Å². The summed E-state index contributed by atoms with van der Waals surface area (Å²) in [5, 5.41) is 6.80. The molecule has 2 aromatic rings. The number of alkyl halides is 3. The van der Waals surface area contributed by atoms with Crippen LogP contribution in [0.25, 0.3) is 0 Å². The third-order valence-electron chi connectivity index (χ3n) is 10.5. The second-order valence-corrected chi connectivity index (χ2v) is 14.2. The van der Waals surface area contributed by atoms with Crippen LogP contribution in [0, 0.1) is 5.92 Å². The van der Waals surface area contributed by atoms with Gasteiger partial charge in [0.05, 0.1) is 28.8 Å². The Morgan fingerprint density at radius 2 is 1.68 bits per heavy atom. The standard InChI is InChI=1S/C36H45ClF3N7O6/c1-2-52-33(49)25-7-13-46(22-25)45-17-15-43(16-18-45)32(48)30(21-23-19-27(36(38,39)40)31(41)28(37)20-23)53-35(51)44-11-9-26(10-12-44)47-14-8-24-5-3-4-6-29(24)42-34(47)50/h3-6,19-20,25-26,30H,2,7-18,21-22,41H2,1H3,(H,42,50)/t25-,30+/m0/s1. The molecule has 0 saturated carbocycles. The molecule has 288 valence electrons. The first-order valence-corrected chi connectivity index (χ1v) is 18.4. The van der Waals surface area contributed by atoms with E-state index in [1.165, 1.54) is 11.0 Å². The number of carbonyl (C=O) groups is 4. The number of esters is 1. The molecule has 2 atom stereocenters. The average molecular weight is 764 g/mol. The summed E-state index contributed by atoms with van der Waals surface area (Å²) in [6.45, 7) is 5.76. The SMILES string of the molecule is CCOC(=O)[C@H]1CCN(N2CCN(C(=O)[C@@H](Cc3cc(Cl)c(N)c(C(F)(F)F)c3)OC(=O)N3CCC(N4CCc5ccccc5NC4=O)CC3)CC2)C1. The third-order valence-corrected chi connectivity index (χ3v) is 10.8. The number of rotatable bonds is 8. The Bertz CT molecular complexity index is 1680. The number of anilines is 2. The minimum absolute atomic E-state index is 0.0373. The molecule has 2 aromatic carbocycles. The van der Waals surface area contributed by atoms with E-state index in [9.17, 15) is 32.3 Å². The van der Waals surface area contributed by atoms with E-state index in [0.717, 1.165) is 17.3 Å². The molecular weight excluding hydrogens is 719 g/mol. The molecule has 4 amide bonds. The maximum absolute atomic E-state index is 14.0. The van der Waals surface area contributed by atoms with Gasteiger partial charge in [-0.2, -0.15) is 13.2 Å². The van der Waals surface area contributed by atoms with Gasteiger partial charge in [-0.25, -0.2) is 19.6 Å². The molecule has 0 aromatic heterocycles. The number of benzene rings is 2. The van der Waals surface area contributed by atoms with Crippen molar-refractivity contribution in [2.45, 2.75) is 57.3 Å². The molecule has 0 unspecified atom stereocenters. The highest BCUT2D eigenvalue weighted by molar-refractivity contribution is 6.33. The number of ether oxygens (including phenoxy) is 2. The van der Waals surface area contributed by atoms with Gasteiger partial charge in [-0.1, -0.05) is 29.8 Å². The number of piperidine rings is 1. The van der Waals surface area contributed by atoms with Crippen molar-refractivity contribution in [1.82, 2.24) is 24.7 Å². The number of piperazine rings is 1. The Labute approximate surface area is 311 Å². The molecule has 17 heteroatoms. The molecule has 0 aliphatic carbocycles. The van der Waals surface area contributed by atoms with E-state index in [1.807, 2.05) is 24.3 Å². The second kappa shape index (κ2) is 16.4. The number of carbonyl (C=O) groups excluding carboxylic acids is 4. The maximum atomic E-state index is 14.0. The van der Waals surface area contributed by atoms with E-state index in [0.29, 0.717) is 65.0 Å². The lowest BCUT2D eigenvalue weighted by molar-refractivity contribution is -0.149. The van der Waals surface area contributed by atoms with Crippen LogP contribution < -0.4 is 11.1 Å². The van der Waals surface area contributed by atoms with Gasteiger partial charge in [0.1, 0.15) is 0 Å². The molecule has 3 saturated heterocycles. The van der Waals surface area contributed by atoms with Gasteiger partial charge >= 0.3 is 24.3 Å². The number of likely N-dealkylation sites (tertiary alicyclic amines) is 1. The second-order valence-electron chi connectivity index (χ2n) is 13.8. The number of nitrogens with zero attached hydrogens (tertiary/aromatic N) is 5. The Balaban J connectivity index is 1.11. The first kappa shape index (κ1) is 38.4. The molecule has 6 rings (SSSR count). The van der Waals surface area contributed by atoms with Crippen molar-refractivity contribution in [2.75, 3.05) is 76.6 Å².